The molecule has 1 aromatic rings. The summed E-state index contributed by atoms with van der Waals surface area (Å²) in [5.41, 5.74) is 1.14. The number of rotatable bonds is 2. The number of phenolic OH excluding ortho intramolecular Hbond substituents is 1. The third-order valence-corrected chi connectivity index (χ3v) is 3.66. The van der Waals surface area contributed by atoms with E-state index in [1.165, 1.54) is 0 Å². The van der Waals surface area contributed by atoms with E-state index in [-0.39, 0.29) is 5.92 Å². The highest BCUT2D eigenvalue weighted by Gasteiger charge is 2.24. The Kier molecular flexibility index (Phi) is 3.67. The quantitative estimate of drug-likeness (QED) is 0.773. The second-order valence-corrected chi connectivity index (χ2v) is 4.84. The standard InChI is InChI=1S/C14H18O3/c15-13-6-2-5-12(9-13)10-3-1-4-11(8-7-10)14(16)17/h2,5-6,9-11,15H,1,3-4,7-8H2,(H,16,17). The maximum atomic E-state index is 11.0. The van der Waals surface area contributed by atoms with Gasteiger partial charge in [-0.2, -0.15) is 0 Å². The summed E-state index contributed by atoms with van der Waals surface area (Å²) in [6, 6.07) is 7.34. The lowest BCUT2D eigenvalue weighted by molar-refractivity contribution is -0.142. The van der Waals surface area contributed by atoms with Crippen molar-refractivity contribution in [2.45, 2.75) is 38.0 Å². The molecule has 1 saturated carbocycles. The Bertz CT molecular complexity index is 400. The summed E-state index contributed by atoms with van der Waals surface area (Å²) in [7, 11) is 0. The van der Waals surface area contributed by atoms with Crippen LogP contribution in [0.5, 0.6) is 5.75 Å². The van der Waals surface area contributed by atoms with E-state index in [4.69, 9.17) is 5.11 Å². The molecular formula is C14H18O3. The number of aromatic hydroxyl groups is 1. The average Bonchev–Trinajstić information content (AvgIpc) is 2.54. The van der Waals surface area contributed by atoms with Crippen LogP contribution in [0.25, 0.3) is 0 Å². The Morgan fingerprint density at radius 1 is 1.18 bits per heavy atom. The summed E-state index contributed by atoms with van der Waals surface area (Å²) < 4.78 is 0. The van der Waals surface area contributed by atoms with Gasteiger partial charge in [0.25, 0.3) is 0 Å². The van der Waals surface area contributed by atoms with Crippen LogP contribution in [0.3, 0.4) is 0 Å². The Hall–Kier alpha value is -1.51. The van der Waals surface area contributed by atoms with E-state index in [1.54, 1.807) is 12.1 Å². The van der Waals surface area contributed by atoms with Crippen LogP contribution in [0.2, 0.25) is 0 Å². The average molecular weight is 234 g/mol. The SMILES string of the molecule is O=C(O)C1CCCC(c2cccc(O)c2)CC1. The monoisotopic (exact) mass is 234 g/mol. The molecule has 17 heavy (non-hydrogen) atoms. The van der Waals surface area contributed by atoms with Gasteiger partial charge in [-0.15, -0.1) is 0 Å². The lowest BCUT2D eigenvalue weighted by Gasteiger charge is -2.14. The molecule has 0 spiro atoms. The van der Waals surface area contributed by atoms with E-state index in [1.807, 2.05) is 12.1 Å². The van der Waals surface area contributed by atoms with Crippen molar-refractivity contribution in [2.24, 2.45) is 5.92 Å². The molecule has 2 unspecified atom stereocenters. The van der Waals surface area contributed by atoms with Gasteiger partial charge in [-0.3, -0.25) is 4.79 Å². The Labute approximate surface area is 101 Å². The van der Waals surface area contributed by atoms with Crippen LogP contribution < -0.4 is 0 Å². The third-order valence-electron chi connectivity index (χ3n) is 3.66. The van der Waals surface area contributed by atoms with Gasteiger partial charge in [0.1, 0.15) is 5.75 Å². The summed E-state index contributed by atoms with van der Waals surface area (Å²) in [5.74, 6) is -0.160. The van der Waals surface area contributed by atoms with Gasteiger partial charge in [-0.1, -0.05) is 18.6 Å². The minimum atomic E-state index is -0.665. The summed E-state index contributed by atoms with van der Waals surface area (Å²) in [5, 5.41) is 18.5. The highest BCUT2D eigenvalue weighted by Crippen LogP contribution is 2.35. The fourth-order valence-corrected chi connectivity index (χ4v) is 2.66. The van der Waals surface area contributed by atoms with E-state index in [9.17, 15) is 9.90 Å². The minimum Gasteiger partial charge on any atom is -0.508 e. The van der Waals surface area contributed by atoms with Gasteiger partial charge in [-0.05, 0) is 49.3 Å². The van der Waals surface area contributed by atoms with E-state index >= 15 is 0 Å². The van der Waals surface area contributed by atoms with Gasteiger partial charge in [0, 0.05) is 0 Å². The van der Waals surface area contributed by atoms with E-state index in [2.05, 4.69) is 0 Å². The van der Waals surface area contributed by atoms with E-state index in [0.717, 1.165) is 37.7 Å². The zero-order valence-electron chi connectivity index (χ0n) is 9.80. The molecule has 0 amide bonds. The summed E-state index contributed by atoms with van der Waals surface area (Å²) in [4.78, 5) is 11.0. The molecule has 3 nitrogen and oxygen atoms in total. The van der Waals surface area contributed by atoms with Crippen molar-refractivity contribution < 1.29 is 15.0 Å². The maximum absolute atomic E-state index is 11.0. The molecule has 0 heterocycles. The smallest absolute Gasteiger partial charge is 0.306 e. The third kappa shape index (κ3) is 2.99. The fraction of sp³-hybridized carbons (Fsp3) is 0.500. The highest BCUT2D eigenvalue weighted by atomic mass is 16.4. The number of phenols is 1. The molecular weight excluding hydrogens is 216 g/mol. The van der Waals surface area contributed by atoms with Crippen LogP contribution in [-0.4, -0.2) is 16.2 Å². The molecule has 3 heteroatoms. The Morgan fingerprint density at radius 2 is 2.00 bits per heavy atom. The van der Waals surface area contributed by atoms with E-state index in [0.29, 0.717) is 11.7 Å². The van der Waals surface area contributed by atoms with Gasteiger partial charge >= 0.3 is 5.97 Å². The Morgan fingerprint density at radius 3 is 2.71 bits per heavy atom. The first-order valence-corrected chi connectivity index (χ1v) is 6.18. The van der Waals surface area contributed by atoms with Crippen LogP contribution in [0.4, 0.5) is 0 Å². The van der Waals surface area contributed by atoms with Crippen molar-refractivity contribution in [1.29, 1.82) is 0 Å². The van der Waals surface area contributed by atoms with Crippen LogP contribution in [0, 0.1) is 5.92 Å². The molecule has 1 aliphatic rings. The van der Waals surface area contributed by atoms with Gasteiger partial charge in [0.2, 0.25) is 0 Å². The fourth-order valence-electron chi connectivity index (χ4n) is 2.66. The molecule has 2 rings (SSSR count). The number of hydrogen-bond donors (Lipinski definition) is 2. The predicted octanol–water partition coefficient (Wildman–Crippen LogP) is 3.14. The molecule has 1 aliphatic carbocycles. The number of benzene rings is 1. The largest absolute Gasteiger partial charge is 0.508 e. The van der Waals surface area contributed by atoms with Crippen molar-refractivity contribution in [1.82, 2.24) is 0 Å². The number of carboxylic acid groups (broad SMARTS) is 1. The van der Waals surface area contributed by atoms with E-state index < -0.39 is 5.97 Å². The summed E-state index contributed by atoms with van der Waals surface area (Å²) in [6.07, 6.45) is 4.41. The molecule has 0 aliphatic heterocycles. The highest BCUT2D eigenvalue weighted by molar-refractivity contribution is 5.69. The van der Waals surface area contributed by atoms with Crippen molar-refractivity contribution in [3.8, 4) is 5.75 Å². The maximum Gasteiger partial charge on any atom is 0.306 e. The van der Waals surface area contributed by atoms with Gasteiger partial charge in [0.15, 0.2) is 0 Å². The molecule has 2 N–H and O–H groups in total. The van der Waals surface area contributed by atoms with Crippen LogP contribution in [0.1, 0.15) is 43.6 Å². The molecule has 92 valence electrons. The summed E-state index contributed by atoms with van der Waals surface area (Å²) >= 11 is 0. The number of carboxylic acids is 1. The van der Waals surface area contributed by atoms with Gasteiger partial charge in [-0.25, -0.2) is 0 Å². The molecule has 1 aromatic carbocycles. The number of aliphatic carboxylic acids is 1. The topological polar surface area (TPSA) is 57.5 Å². The lowest BCUT2D eigenvalue weighted by Crippen LogP contribution is -2.12. The van der Waals surface area contributed by atoms with Crippen LogP contribution in [-0.2, 0) is 4.79 Å². The van der Waals surface area contributed by atoms with Crippen LogP contribution >= 0.6 is 0 Å². The molecule has 0 saturated heterocycles. The first kappa shape index (κ1) is 12.0. The number of carbonyl (C=O) groups is 1. The van der Waals surface area contributed by atoms with Crippen molar-refractivity contribution in [3.05, 3.63) is 29.8 Å². The molecule has 0 bridgehead atoms. The number of hydrogen-bond acceptors (Lipinski definition) is 2. The molecule has 2 atom stereocenters. The first-order chi connectivity index (χ1) is 8.16. The normalized spacial score (nSPS) is 25.2. The van der Waals surface area contributed by atoms with Crippen LogP contribution in [0.15, 0.2) is 24.3 Å². The first-order valence-electron chi connectivity index (χ1n) is 6.18. The Balaban J connectivity index is 2.06. The van der Waals surface area contributed by atoms with Gasteiger partial charge < -0.3 is 10.2 Å². The van der Waals surface area contributed by atoms with Crippen molar-refractivity contribution in [3.63, 3.8) is 0 Å². The van der Waals surface area contributed by atoms with Crippen molar-refractivity contribution >= 4 is 5.97 Å². The minimum absolute atomic E-state index is 0.183. The zero-order valence-corrected chi connectivity index (χ0v) is 9.80. The molecule has 0 aromatic heterocycles. The van der Waals surface area contributed by atoms with Crippen molar-refractivity contribution in [2.75, 3.05) is 0 Å². The molecule has 0 radical (unpaired) electrons. The summed E-state index contributed by atoms with van der Waals surface area (Å²) in [6.45, 7) is 0. The molecule has 1 fully saturated rings. The zero-order chi connectivity index (χ0) is 12.3. The lowest BCUT2D eigenvalue weighted by atomic mass is 9.91. The second kappa shape index (κ2) is 5.21. The second-order valence-electron chi connectivity index (χ2n) is 4.84. The van der Waals surface area contributed by atoms with Gasteiger partial charge in [0.05, 0.1) is 5.92 Å². The predicted molar refractivity (Wildman–Crippen MR) is 65.1 cm³/mol.